The quantitative estimate of drug-likeness (QED) is 0.662. The van der Waals surface area contributed by atoms with Gasteiger partial charge in [-0.05, 0) is 46.1 Å². The van der Waals surface area contributed by atoms with Crippen LogP contribution in [-0.2, 0) is 22.4 Å². The number of aryl methyl sites for hydroxylation is 1. The molecule has 3 heterocycles. The van der Waals surface area contributed by atoms with E-state index in [1.54, 1.807) is 4.90 Å². The van der Waals surface area contributed by atoms with Gasteiger partial charge in [-0.25, -0.2) is 14.8 Å². The summed E-state index contributed by atoms with van der Waals surface area (Å²) in [5, 5.41) is 16.6. The summed E-state index contributed by atoms with van der Waals surface area (Å²) in [4.78, 5) is 24.4. The van der Waals surface area contributed by atoms with Crippen molar-refractivity contribution in [2.45, 2.75) is 64.2 Å². The van der Waals surface area contributed by atoms with Gasteiger partial charge in [0.1, 0.15) is 0 Å². The predicted octanol–water partition coefficient (Wildman–Crippen LogP) is 3.04. The van der Waals surface area contributed by atoms with Crippen molar-refractivity contribution in [3.63, 3.8) is 0 Å². The second kappa shape index (κ2) is 8.67. The lowest BCUT2D eigenvalue weighted by Gasteiger charge is -2.37. The number of rotatable bonds is 5. The Morgan fingerprint density at radius 2 is 2.09 bits per heavy atom. The van der Waals surface area contributed by atoms with Gasteiger partial charge in [-0.1, -0.05) is 29.8 Å². The highest BCUT2D eigenvalue weighted by molar-refractivity contribution is 5.77. The first-order chi connectivity index (χ1) is 15.2. The molecule has 3 N–H and O–H groups in total. The normalized spacial score (nSPS) is 19.8. The molecule has 0 saturated carbocycles. The molecule has 0 radical (unpaired) electrons. The number of ether oxygens (including phenoxy) is 1. The molecule has 1 atom stereocenters. The van der Waals surface area contributed by atoms with Crippen LogP contribution in [0.1, 0.15) is 56.0 Å². The van der Waals surface area contributed by atoms with Gasteiger partial charge in [-0.2, -0.15) is 0 Å². The highest BCUT2D eigenvalue weighted by atomic mass is 16.5. The number of hydrogen-bond acceptors (Lipinski definition) is 6. The van der Waals surface area contributed by atoms with E-state index in [2.05, 4.69) is 15.6 Å². The molecule has 2 aliphatic heterocycles. The number of carbonyl (C=O) groups excluding carboxylic acids is 1. The van der Waals surface area contributed by atoms with Gasteiger partial charge in [0.15, 0.2) is 0 Å². The van der Waals surface area contributed by atoms with E-state index < -0.39 is 11.1 Å². The summed E-state index contributed by atoms with van der Waals surface area (Å²) in [6.07, 6.45) is 3.68. The molecule has 1 aromatic heterocycles. The van der Waals surface area contributed by atoms with E-state index in [4.69, 9.17) is 9.72 Å². The number of aromatic nitrogens is 2. The zero-order valence-corrected chi connectivity index (χ0v) is 19.3. The van der Waals surface area contributed by atoms with Gasteiger partial charge in [-0.3, -0.25) is 0 Å². The number of urea groups is 1. The molecule has 8 heteroatoms. The first-order valence-corrected chi connectivity index (χ1v) is 11.2. The maximum Gasteiger partial charge on any atom is 0.319 e. The molecule has 8 nitrogen and oxygen atoms in total. The van der Waals surface area contributed by atoms with E-state index in [0.717, 1.165) is 48.4 Å². The lowest BCUT2D eigenvalue weighted by Crippen LogP contribution is -2.54. The summed E-state index contributed by atoms with van der Waals surface area (Å²) in [7, 11) is 0. The van der Waals surface area contributed by atoms with Crippen molar-refractivity contribution >= 4 is 12.0 Å². The Bertz CT molecular complexity index is 989. The van der Waals surface area contributed by atoms with Crippen LogP contribution >= 0.6 is 0 Å². The molecule has 0 aliphatic carbocycles. The van der Waals surface area contributed by atoms with Crippen molar-refractivity contribution in [2.75, 3.05) is 25.1 Å². The molecule has 2 aromatic rings. The van der Waals surface area contributed by atoms with Crippen LogP contribution in [-0.4, -0.2) is 51.9 Å². The Morgan fingerprint density at radius 3 is 2.78 bits per heavy atom. The fourth-order valence-electron chi connectivity index (χ4n) is 4.46. The standard InChI is InChI=1S/C24H33N5O3/c1-16-6-5-7-17(12-16)24(4,15-30)28-22(31)29-14-20-19(23(29,2)3)13-25-21(27-20)26-18-8-10-32-11-9-18/h5-7,12-13,18,30H,8-11,14-15H2,1-4H3,(H,28,31)(H,25,26,27). The Labute approximate surface area is 189 Å². The molecule has 1 saturated heterocycles. The molecule has 32 heavy (non-hydrogen) atoms. The molecule has 1 aromatic carbocycles. The summed E-state index contributed by atoms with van der Waals surface area (Å²) in [6.45, 7) is 9.49. The van der Waals surface area contributed by atoms with Crippen molar-refractivity contribution < 1.29 is 14.6 Å². The molecule has 0 spiro atoms. The van der Waals surface area contributed by atoms with Crippen LogP contribution in [0.2, 0.25) is 0 Å². The zero-order valence-electron chi connectivity index (χ0n) is 19.3. The first-order valence-electron chi connectivity index (χ1n) is 11.2. The maximum absolute atomic E-state index is 13.4. The van der Waals surface area contributed by atoms with E-state index in [0.29, 0.717) is 18.5 Å². The highest BCUT2D eigenvalue weighted by Crippen LogP contribution is 2.38. The van der Waals surface area contributed by atoms with Crippen LogP contribution in [0.25, 0.3) is 0 Å². The Morgan fingerprint density at radius 1 is 1.34 bits per heavy atom. The second-order valence-electron chi connectivity index (χ2n) is 9.52. The average Bonchev–Trinajstić information content (AvgIpc) is 3.04. The highest BCUT2D eigenvalue weighted by Gasteiger charge is 2.43. The maximum atomic E-state index is 13.4. The number of nitrogens with zero attached hydrogens (tertiary/aromatic N) is 3. The lowest BCUT2D eigenvalue weighted by molar-refractivity contribution is 0.0903. The van der Waals surface area contributed by atoms with E-state index >= 15 is 0 Å². The van der Waals surface area contributed by atoms with E-state index in [1.807, 2.05) is 58.2 Å². The van der Waals surface area contributed by atoms with Crippen LogP contribution in [0.3, 0.4) is 0 Å². The smallest absolute Gasteiger partial charge is 0.319 e. The van der Waals surface area contributed by atoms with Gasteiger partial charge in [0.05, 0.1) is 29.9 Å². The third kappa shape index (κ3) is 4.29. The molecule has 1 unspecified atom stereocenters. The molecular weight excluding hydrogens is 406 g/mol. The number of benzene rings is 1. The molecule has 4 rings (SSSR count). The van der Waals surface area contributed by atoms with Gasteiger partial charge >= 0.3 is 6.03 Å². The van der Waals surface area contributed by atoms with Crippen molar-refractivity contribution in [1.82, 2.24) is 20.2 Å². The zero-order chi connectivity index (χ0) is 22.9. The Balaban J connectivity index is 1.52. The molecule has 2 amide bonds. The fourth-order valence-corrected chi connectivity index (χ4v) is 4.46. The number of fused-ring (bicyclic) bond motifs is 1. The second-order valence-corrected chi connectivity index (χ2v) is 9.52. The third-order valence-electron chi connectivity index (χ3n) is 6.66. The van der Waals surface area contributed by atoms with E-state index in [1.165, 1.54) is 0 Å². The molecular formula is C24H33N5O3. The van der Waals surface area contributed by atoms with Crippen LogP contribution in [0.4, 0.5) is 10.7 Å². The predicted molar refractivity (Wildman–Crippen MR) is 122 cm³/mol. The van der Waals surface area contributed by atoms with Gasteiger partial charge in [0, 0.05) is 31.0 Å². The minimum Gasteiger partial charge on any atom is -0.394 e. The summed E-state index contributed by atoms with van der Waals surface area (Å²) >= 11 is 0. The van der Waals surface area contributed by atoms with Gasteiger partial charge in [0.2, 0.25) is 5.95 Å². The van der Waals surface area contributed by atoms with E-state index in [-0.39, 0.29) is 12.6 Å². The van der Waals surface area contributed by atoms with Gasteiger partial charge in [-0.15, -0.1) is 0 Å². The van der Waals surface area contributed by atoms with Crippen LogP contribution in [0.15, 0.2) is 30.5 Å². The number of amides is 2. The lowest BCUT2D eigenvalue weighted by atomic mass is 9.91. The topological polar surface area (TPSA) is 99.6 Å². The number of nitrogens with one attached hydrogen (secondary N) is 2. The van der Waals surface area contributed by atoms with Crippen LogP contribution in [0, 0.1) is 6.92 Å². The molecule has 0 bridgehead atoms. The Kier molecular flexibility index (Phi) is 6.09. The fraction of sp³-hybridized carbons (Fsp3) is 0.542. The Hall–Kier alpha value is -2.71. The van der Waals surface area contributed by atoms with Crippen LogP contribution in [0.5, 0.6) is 0 Å². The number of aliphatic hydroxyl groups excluding tert-OH is 1. The first kappa shape index (κ1) is 22.5. The van der Waals surface area contributed by atoms with E-state index in [9.17, 15) is 9.90 Å². The average molecular weight is 440 g/mol. The van der Waals surface area contributed by atoms with Crippen molar-refractivity contribution in [1.29, 1.82) is 0 Å². The molecule has 2 aliphatic rings. The summed E-state index contributed by atoms with van der Waals surface area (Å²) in [5.74, 6) is 0.591. The largest absolute Gasteiger partial charge is 0.394 e. The number of anilines is 1. The molecule has 172 valence electrons. The SMILES string of the molecule is Cc1cccc(C(C)(CO)NC(=O)N2Cc3nc(NC4CCOCC4)ncc3C2(C)C)c1. The number of carbonyl (C=O) groups is 1. The number of aliphatic hydroxyl groups is 1. The monoisotopic (exact) mass is 439 g/mol. The number of hydrogen-bond donors (Lipinski definition) is 3. The minimum absolute atomic E-state index is 0.206. The van der Waals surface area contributed by atoms with Gasteiger partial charge < -0.3 is 25.4 Å². The van der Waals surface area contributed by atoms with Crippen molar-refractivity contribution in [3.05, 3.63) is 52.8 Å². The summed E-state index contributed by atoms with van der Waals surface area (Å²) in [5.41, 5.74) is 2.26. The summed E-state index contributed by atoms with van der Waals surface area (Å²) in [6, 6.07) is 7.89. The molecule has 1 fully saturated rings. The third-order valence-corrected chi connectivity index (χ3v) is 6.66. The van der Waals surface area contributed by atoms with Gasteiger partial charge in [0.25, 0.3) is 0 Å². The minimum atomic E-state index is -0.893. The van der Waals surface area contributed by atoms with Crippen molar-refractivity contribution in [2.24, 2.45) is 0 Å². The van der Waals surface area contributed by atoms with Crippen LogP contribution < -0.4 is 10.6 Å². The van der Waals surface area contributed by atoms with Crippen molar-refractivity contribution in [3.8, 4) is 0 Å². The summed E-state index contributed by atoms with van der Waals surface area (Å²) < 4.78 is 5.42.